The van der Waals surface area contributed by atoms with Crippen molar-refractivity contribution in [3.63, 3.8) is 0 Å². The summed E-state index contributed by atoms with van der Waals surface area (Å²) in [5.41, 5.74) is 0. The van der Waals surface area contributed by atoms with E-state index in [4.69, 9.17) is 4.74 Å². The van der Waals surface area contributed by atoms with Gasteiger partial charge in [-0.25, -0.2) is 13.4 Å². The Bertz CT molecular complexity index is 659. The summed E-state index contributed by atoms with van der Waals surface area (Å²) in [6, 6.07) is 3.36. The maximum absolute atomic E-state index is 12.3. The molecule has 0 aromatic carbocycles. The zero-order valence-corrected chi connectivity index (χ0v) is 12.2. The van der Waals surface area contributed by atoms with Crippen LogP contribution in [0.2, 0.25) is 0 Å². The molecule has 0 radical (unpaired) electrons. The van der Waals surface area contributed by atoms with Gasteiger partial charge in [-0.15, -0.1) is 11.3 Å². The molecule has 0 saturated carbocycles. The number of rotatable bonds is 4. The molecule has 0 amide bonds. The van der Waals surface area contributed by atoms with E-state index in [-0.39, 0.29) is 6.10 Å². The van der Waals surface area contributed by atoms with E-state index in [0.717, 1.165) is 0 Å². The summed E-state index contributed by atoms with van der Waals surface area (Å²) in [6.45, 7) is 0.808. The van der Waals surface area contributed by atoms with Gasteiger partial charge in [0.2, 0.25) is 5.88 Å². The molecule has 2 aromatic heterocycles. The second-order valence-corrected chi connectivity index (χ2v) is 7.48. The van der Waals surface area contributed by atoms with E-state index in [1.807, 2.05) is 0 Å². The Balaban J connectivity index is 1.68. The third-order valence-corrected chi connectivity index (χ3v) is 6.26. The summed E-state index contributed by atoms with van der Waals surface area (Å²) < 4.78 is 32.2. The van der Waals surface area contributed by atoms with Gasteiger partial charge >= 0.3 is 0 Å². The molecule has 3 heterocycles. The van der Waals surface area contributed by atoms with Crippen molar-refractivity contribution < 1.29 is 13.2 Å². The Morgan fingerprint density at radius 1 is 1.40 bits per heavy atom. The van der Waals surface area contributed by atoms with E-state index < -0.39 is 10.0 Å². The first kappa shape index (κ1) is 13.5. The highest BCUT2D eigenvalue weighted by Gasteiger charge is 2.34. The third kappa shape index (κ3) is 2.67. The van der Waals surface area contributed by atoms with Crippen LogP contribution in [0.5, 0.6) is 5.88 Å². The average molecular weight is 311 g/mol. The predicted molar refractivity (Wildman–Crippen MR) is 74.1 cm³/mol. The molecule has 20 heavy (non-hydrogen) atoms. The first-order chi connectivity index (χ1) is 9.66. The molecule has 0 bridgehead atoms. The third-order valence-electron chi connectivity index (χ3n) is 3.02. The minimum atomic E-state index is -3.38. The summed E-state index contributed by atoms with van der Waals surface area (Å²) in [5, 5.41) is 1.76. The summed E-state index contributed by atoms with van der Waals surface area (Å²) in [6.07, 6.45) is 5.11. The SMILES string of the molecule is O=S(=O)(c1cccs1)N1CCC(Oc2cnccn2)C1. The van der Waals surface area contributed by atoms with Crippen molar-refractivity contribution in [1.29, 1.82) is 0 Å². The molecule has 0 N–H and O–H groups in total. The minimum Gasteiger partial charge on any atom is -0.472 e. The number of aromatic nitrogens is 2. The van der Waals surface area contributed by atoms with Crippen LogP contribution in [0.25, 0.3) is 0 Å². The van der Waals surface area contributed by atoms with Crippen LogP contribution in [-0.2, 0) is 10.0 Å². The van der Waals surface area contributed by atoms with Gasteiger partial charge in [-0.05, 0) is 17.9 Å². The van der Waals surface area contributed by atoms with Gasteiger partial charge in [0.1, 0.15) is 10.3 Å². The van der Waals surface area contributed by atoms with E-state index in [0.29, 0.717) is 29.6 Å². The second-order valence-electron chi connectivity index (χ2n) is 4.37. The number of ether oxygens (including phenoxy) is 1. The first-order valence-electron chi connectivity index (χ1n) is 6.12. The van der Waals surface area contributed by atoms with Crippen LogP contribution >= 0.6 is 11.3 Å². The lowest BCUT2D eigenvalue weighted by Crippen LogP contribution is -2.30. The average Bonchev–Trinajstić information content (AvgIpc) is 3.11. The van der Waals surface area contributed by atoms with Gasteiger partial charge < -0.3 is 4.74 Å². The Hall–Kier alpha value is -1.51. The Labute approximate surface area is 121 Å². The summed E-state index contributed by atoms with van der Waals surface area (Å²) in [7, 11) is -3.38. The zero-order chi connectivity index (χ0) is 14.0. The lowest BCUT2D eigenvalue weighted by atomic mass is 10.3. The summed E-state index contributed by atoms with van der Waals surface area (Å²) >= 11 is 1.23. The molecule has 1 fully saturated rings. The molecule has 3 rings (SSSR count). The number of nitrogens with zero attached hydrogens (tertiary/aromatic N) is 3. The molecule has 106 valence electrons. The normalized spacial score (nSPS) is 20.1. The van der Waals surface area contributed by atoms with Gasteiger partial charge in [0.15, 0.2) is 0 Å². The molecule has 0 spiro atoms. The zero-order valence-electron chi connectivity index (χ0n) is 10.5. The molecule has 1 saturated heterocycles. The summed E-state index contributed by atoms with van der Waals surface area (Å²) in [4.78, 5) is 7.95. The molecule has 6 nitrogen and oxygen atoms in total. The number of hydrogen-bond donors (Lipinski definition) is 0. The Morgan fingerprint density at radius 3 is 3.00 bits per heavy atom. The highest BCUT2D eigenvalue weighted by Crippen LogP contribution is 2.25. The molecular formula is C12H13N3O3S2. The predicted octanol–water partition coefficient (Wildman–Crippen LogP) is 1.38. The van der Waals surface area contributed by atoms with Crippen molar-refractivity contribution in [1.82, 2.24) is 14.3 Å². The van der Waals surface area contributed by atoms with Crippen LogP contribution < -0.4 is 4.74 Å². The molecule has 1 aliphatic rings. The monoisotopic (exact) mass is 311 g/mol. The molecule has 1 aliphatic heterocycles. The summed E-state index contributed by atoms with van der Waals surface area (Å²) in [5.74, 6) is 0.424. The largest absolute Gasteiger partial charge is 0.472 e. The van der Waals surface area contributed by atoms with Crippen LogP contribution in [0.4, 0.5) is 0 Å². The van der Waals surface area contributed by atoms with Gasteiger partial charge in [-0.1, -0.05) is 6.07 Å². The standard InChI is InChI=1S/C12H13N3O3S2/c16-20(17,12-2-1-7-19-12)15-6-3-10(9-15)18-11-8-13-4-5-14-11/h1-2,4-5,7-8,10H,3,6,9H2. The van der Waals surface area contributed by atoms with E-state index >= 15 is 0 Å². The van der Waals surface area contributed by atoms with Crippen LogP contribution in [0.15, 0.2) is 40.3 Å². The quantitative estimate of drug-likeness (QED) is 0.853. The number of thiophene rings is 1. The van der Waals surface area contributed by atoms with Crippen molar-refractivity contribution in [2.75, 3.05) is 13.1 Å². The topological polar surface area (TPSA) is 72.4 Å². The maximum Gasteiger partial charge on any atom is 0.252 e. The van der Waals surface area contributed by atoms with Crippen molar-refractivity contribution >= 4 is 21.4 Å². The van der Waals surface area contributed by atoms with Crippen molar-refractivity contribution in [3.8, 4) is 5.88 Å². The molecule has 1 unspecified atom stereocenters. The van der Waals surface area contributed by atoms with E-state index in [9.17, 15) is 8.42 Å². The highest BCUT2D eigenvalue weighted by atomic mass is 32.2. The lowest BCUT2D eigenvalue weighted by molar-refractivity contribution is 0.206. The Morgan fingerprint density at radius 2 is 2.30 bits per heavy atom. The molecule has 2 aromatic rings. The van der Waals surface area contributed by atoms with Crippen molar-refractivity contribution in [2.24, 2.45) is 0 Å². The van der Waals surface area contributed by atoms with E-state index in [1.54, 1.807) is 29.9 Å². The van der Waals surface area contributed by atoms with Gasteiger partial charge in [0.05, 0.1) is 12.7 Å². The van der Waals surface area contributed by atoms with Gasteiger partial charge in [-0.2, -0.15) is 4.31 Å². The van der Waals surface area contributed by atoms with Gasteiger partial charge in [0, 0.05) is 18.9 Å². The van der Waals surface area contributed by atoms with Crippen molar-refractivity contribution in [3.05, 3.63) is 36.1 Å². The van der Waals surface area contributed by atoms with Gasteiger partial charge in [0.25, 0.3) is 10.0 Å². The minimum absolute atomic E-state index is 0.179. The molecule has 8 heteroatoms. The number of sulfonamides is 1. The van der Waals surface area contributed by atoms with Crippen LogP contribution in [0.1, 0.15) is 6.42 Å². The molecular weight excluding hydrogens is 298 g/mol. The second kappa shape index (κ2) is 5.47. The molecule has 1 atom stereocenters. The Kier molecular flexibility index (Phi) is 3.68. The van der Waals surface area contributed by atoms with Crippen molar-refractivity contribution in [2.45, 2.75) is 16.7 Å². The fraction of sp³-hybridized carbons (Fsp3) is 0.333. The fourth-order valence-corrected chi connectivity index (χ4v) is 4.70. The first-order valence-corrected chi connectivity index (χ1v) is 8.44. The van der Waals surface area contributed by atoms with Crippen LogP contribution in [0, 0.1) is 0 Å². The molecule has 0 aliphatic carbocycles. The lowest BCUT2D eigenvalue weighted by Gasteiger charge is -2.15. The maximum atomic E-state index is 12.3. The van der Waals surface area contributed by atoms with Crippen LogP contribution in [0.3, 0.4) is 0 Å². The number of hydrogen-bond acceptors (Lipinski definition) is 6. The van der Waals surface area contributed by atoms with Crippen LogP contribution in [-0.4, -0.2) is 41.9 Å². The van der Waals surface area contributed by atoms with Gasteiger partial charge in [-0.3, -0.25) is 4.98 Å². The smallest absolute Gasteiger partial charge is 0.252 e. The highest BCUT2D eigenvalue weighted by molar-refractivity contribution is 7.91. The van der Waals surface area contributed by atoms with E-state index in [1.165, 1.54) is 21.8 Å². The fourth-order valence-electron chi connectivity index (χ4n) is 2.07. The van der Waals surface area contributed by atoms with E-state index in [2.05, 4.69) is 9.97 Å².